The first-order valence-electron chi connectivity index (χ1n) is 13.8. The van der Waals surface area contributed by atoms with E-state index in [1.807, 2.05) is 39.0 Å². The van der Waals surface area contributed by atoms with Crippen molar-refractivity contribution in [3.05, 3.63) is 65.0 Å². The summed E-state index contributed by atoms with van der Waals surface area (Å²) in [7, 11) is -13.5. The second kappa shape index (κ2) is 19.6. The molecule has 51 heavy (non-hydrogen) atoms. The van der Waals surface area contributed by atoms with Gasteiger partial charge in [0.2, 0.25) is 19.0 Å². The number of nitrogens with zero attached hydrogens (tertiary/aromatic N) is 8. The van der Waals surface area contributed by atoms with Crippen LogP contribution in [0.3, 0.4) is 0 Å². The Morgan fingerprint density at radius 2 is 1.02 bits per heavy atom. The summed E-state index contributed by atoms with van der Waals surface area (Å²) in [4.78, 5) is 0. The van der Waals surface area contributed by atoms with E-state index in [2.05, 4.69) is 4.72 Å². The van der Waals surface area contributed by atoms with Gasteiger partial charge in [-0.3, -0.25) is 0 Å². The average molecular weight is 827 g/mol. The van der Waals surface area contributed by atoms with Crippen molar-refractivity contribution in [2.75, 3.05) is 23.8 Å². The summed E-state index contributed by atoms with van der Waals surface area (Å²) in [6.07, 6.45) is 11.7. The molecular weight excluding hydrogens is 787 g/mol. The summed E-state index contributed by atoms with van der Waals surface area (Å²) in [6, 6.07) is 0. The van der Waals surface area contributed by atoms with Crippen molar-refractivity contribution >= 4 is 40.2 Å². The zero-order valence-corrected chi connectivity index (χ0v) is 30.0. The van der Waals surface area contributed by atoms with Crippen LogP contribution in [0.1, 0.15) is 20.3 Å². The lowest BCUT2D eigenvalue weighted by Crippen LogP contribution is -2.26. The van der Waals surface area contributed by atoms with Gasteiger partial charge in [0.15, 0.2) is 10.0 Å². The van der Waals surface area contributed by atoms with Crippen molar-refractivity contribution in [2.24, 2.45) is 21.1 Å². The average Bonchev–Trinajstić information content (AvgIpc) is 3.68. The molecule has 0 radical (unpaired) electrons. The smallest absolute Gasteiger partial charge is 0.480 e. The van der Waals surface area contributed by atoms with Gasteiger partial charge in [-0.2, -0.15) is 26.3 Å². The minimum absolute atomic E-state index is 0. The van der Waals surface area contributed by atoms with Crippen LogP contribution in [0, 0.1) is 0 Å². The van der Waals surface area contributed by atoms with Gasteiger partial charge in [0.1, 0.15) is 50.3 Å². The molecule has 0 saturated heterocycles. The molecule has 0 aliphatic heterocycles. The first-order valence-corrected chi connectivity index (χ1v) is 20.0. The summed E-state index contributed by atoms with van der Waals surface area (Å²) in [5, 5.41) is 0. The lowest BCUT2D eigenvalue weighted by molar-refractivity contribution is -0.671. The number of hydrogen-bond donors (Lipinski definition) is 0. The summed E-state index contributed by atoms with van der Waals surface area (Å²) in [5.41, 5.74) is -5.72. The molecule has 3 aromatic rings. The van der Waals surface area contributed by atoms with Gasteiger partial charge in [-0.1, -0.05) is 7.43 Å². The monoisotopic (exact) mass is 826 g/mol. The van der Waals surface area contributed by atoms with E-state index < -0.39 is 69.9 Å². The van der Waals surface area contributed by atoms with E-state index in [9.17, 15) is 64.6 Å². The SMILES string of the molecule is C.C[n+]1ccn(CCCCS(=O)(=O)[O-])c1.C[n+]1ccn(CCS(=O)(=O)[N-]CC(F)(F)F)c1.C[n+]1ccn(CCS(=O)(=O)[N-]S(=O)(=O)C(F)(F)F)c1. The molecule has 0 unspecified atom stereocenters. The number of alkyl halides is 6. The Morgan fingerprint density at radius 3 is 1.35 bits per heavy atom. The number of imidazole rings is 3. The number of aryl methyl sites for hydroxylation is 6. The Kier molecular flexibility index (Phi) is 18.5. The van der Waals surface area contributed by atoms with Crippen LogP contribution in [0.15, 0.2) is 56.2 Å². The van der Waals surface area contributed by atoms with E-state index in [0.29, 0.717) is 12.8 Å². The first-order chi connectivity index (χ1) is 22.6. The van der Waals surface area contributed by atoms with E-state index in [0.717, 1.165) is 6.54 Å². The molecule has 0 aliphatic carbocycles. The van der Waals surface area contributed by atoms with Crippen molar-refractivity contribution in [3.8, 4) is 0 Å². The standard InChI is InChI=1S/C8H12F3N3O2S.C8H14N2O3S.C7H10F3N3O4S2.CH4/c1-13-2-3-14(7-13)4-5-17(15,16)12-6-8(9,10)11;1-9-5-6-10(8-9)4-2-3-7-14(11,12)13;1-12-2-3-13(6-12)4-5-18(14,15)11-19(16,17)7(8,9)10;/h2-3,7H,4-6H2,1H3;5-6,8H,2-4,7H2,1H3;2-3,6H,4-5H2,1H3;1H4. The van der Waals surface area contributed by atoms with Crippen molar-refractivity contribution in [1.82, 2.24) is 13.7 Å². The summed E-state index contributed by atoms with van der Waals surface area (Å²) in [5.74, 6) is -1.56. The van der Waals surface area contributed by atoms with Gasteiger partial charge in [0.05, 0.1) is 69.4 Å². The Bertz CT molecular complexity index is 1940. The fraction of sp³-hybridized carbons (Fsp3) is 0.625. The third-order valence-corrected chi connectivity index (χ3v) is 10.7. The van der Waals surface area contributed by atoms with Crippen molar-refractivity contribution in [2.45, 2.75) is 51.6 Å². The topological polar surface area (TPSA) is 214 Å². The van der Waals surface area contributed by atoms with Crippen LogP contribution in [0.2, 0.25) is 0 Å². The molecule has 0 fully saturated rings. The highest BCUT2D eigenvalue weighted by molar-refractivity contribution is 8.12. The predicted molar refractivity (Wildman–Crippen MR) is 168 cm³/mol. The van der Waals surface area contributed by atoms with Crippen molar-refractivity contribution in [3.63, 3.8) is 0 Å². The van der Waals surface area contributed by atoms with Gasteiger partial charge in [-0.05, 0) is 19.4 Å². The number of rotatable bonds is 15. The first kappa shape index (κ1) is 47.9. The van der Waals surface area contributed by atoms with Gasteiger partial charge in [0.25, 0.3) is 0 Å². The van der Waals surface area contributed by atoms with E-state index in [-0.39, 0.29) is 26.3 Å². The molecule has 3 heterocycles. The van der Waals surface area contributed by atoms with Crippen LogP contribution in [-0.2, 0) is 81.0 Å². The Labute approximate surface area is 293 Å². The van der Waals surface area contributed by atoms with Gasteiger partial charge >= 0.3 is 11.7 Å². The number of sulfonamides is 3. The zero-order valence-electron chi connectivity index (χ0n) is 26.7. The third-order valence-electron chi connectivity index (χ3n) is 5.69. The normalized spacial score (nSPS) is 12.7. The fourth-order valence-electron chi connectivity index (χ4n) is 3.38. The van der Waals surface area contributed by atoms with E-state index in [4.69, 9.17) is 0 Å². The zero-order chi connectivity index (χ0) is 38.6. The van der Waals surface area contributed by atoms with E-state index in [1.165, 1.54) is 17.1 Å². The maximum Gasteiger partial charge on any atom is 0.480 e. The number of aromatic nitrogens is 6. The number of hydrogen-bond acceptors (Lipinski definition) is 9. The molecule has 0 amide bonds. The summed E-state index contributed by atoms with van der Waals surface area (Å²) in [6.45, 7) is -1.05. The predicted octanol–water partition coefficient (Wildman–Crippen LogP) is 0.718. The van der Waals surface area contributed by atoms with Crippen LogP contribution in [0.25, 0.3) is 8.85 Å². The summed E-state index contributed by atoms with van der Waals surface area (Å²) >= 11 is 0. The number of halogens is 6. The fourth-order valence-corrected chi connectivity index (χ4v) is 7.13. The maximum absolute atomic E-state index is 12.0. The molecule has 27 heteroatoms. The maximum atomic E-state index is 12.0. The molecule has 0 saturated carbocycles. The molecular formula is C24H40F6N8O9S4. The second-order valence-corrected chi connectivity index (χ2v) is 17.3. The molecule has 0 atom stereocenters. The minimum atomic E-state index is -6.03. The van der Waals surface area contributed by atoms with E-state index in [1.54, 1.807) is 52.7 Å². The Hall–Kier alpha value is -3.11. The largest absolute Gasteiger partial charge is 0.748 e. The number of unbranched alkanes of at least 4 members (excludes halogenated alkanes) is 1. The summed E-state index contributed by atoms with van der Waals surface area (Å²) < 4.78 is 183. The molecule has 3 rings (SSSR count). The molecule has 0 aliphatic rings. The second-order valence-electron chi connectivity index (χ2n) is 10.4. The highest BCUT2D eigenvalue weighted by Crippen LogP contribution is 2.30. The van der Waals surface area contributed by atoms with Gasteiger partial charge in [0, 0.05) is 5.75 Å². The van der Waals surface area contributed by atoms with Gasteiger partial charge in [-0.25, -0.2) is 61.1 Å². The quantitative estimate of drug-likeness (QED) is 0.0913. The molecule has 0 spiro atoms. The molecule has 296 valence electrons. The van der Waals surface area contributed by atoms with Gasteiger partial charge < -0.3 is 13.4 Å². The van der Waals surface area contributed by atoms with Gasteiger partial charge in [-0.15, -0.1) is 0 Å². The Morgan fingerprint density at radius 1 is 0.627 bits per heavy atom. The van der Waals surface area contributed by atoms with Crippen LogP contribution in [0.5, 0.6) is 0 Å². The Balaban J connectivity index is 0.000000736. The minimum Gasteiger partial charge on any atom is -0.748 e. The van der Waals surface area contributed by atoms with Crippen LogP contribution >= 0.6 is 0 Å². The lowest BCUT2D eigenvalue weighted by atomic mass is 10.3. The lowest BCUT2D eigenvalue weighted by Gasteiger charge is -2.21. The third kappa shape index (κ3) is 21.8. The van der Waals surface area contributed by atoms with Crippen LogP contribution in [-0.4, -0.2) is 87.4 Å². The van der Waals surface area contributed by atoms with Crippen molar-refractivity contribution < 1.29 is 78.3 Å². The molecule has 0 N–H and O–H groups in total. The van der Waals surface area contributed by atoms with E-state index >= 15 is 0 Å². The highest BCUT2D eigenvalue weighted by atomic mass is 32.3. The van der Waals surface area contributed by atoms with Crippen LogP contribution < -0.4 is 13.7 Å². The van der Waals surface area contributed by atoms with Crippen molar-refractivity contribution in [1.29, 1.82) is 0 Å². The molecule has 17 nitrogen and oxygen atoms in total. The molecule has 3 aromatic heterocycles. The molecule has 0 aromatic carbocycles. The van der Waals surface area contributed by atoms with Crippen LogP contribution in [0.4, 0.5) is 26.3 Å². The molecule has 0 bridgehead atoms. The highest BCUT2D eigenvalue weighted by Gasteiger charge is 2.40.